The molecule has 3 aromatic carbocycles. The minimum atomic E-state index is -0.579. The van der Waals surface area contributed by atoms with Crippen LogP contribution in [0.1, 0.15) is 28.4 Å². The fourth-order valence-electron chi connectivity index (χ4n) is 4.44. The molecular formula is C29H26N4O4. The number of hydrogen-bond donors (Lipinski definition) is 1. The number of aryl methyl sites for hydroxylation is 1. The molecule has 0 atom stereocenters. The molecule has 0 aliphatic heterocycles. The Balaban J connectivity index is 1.56. The topological polar surface area (TPSA) is 95.3 Å². The zero-order valence-corrected chi connectivity index (χ0v) is 20.8. The average Bonchev–Trinajstić information content (AvgIpc) is 3.32. The van der Waals surface area contributed by atoms with Gasteiger partial charge in [0.2, 0.25) is 5.91 Å². The Morgan fingerprint density at radius 2 is 1.76 bits per heavy atom. The van der Waals surface area contributed by atoms with Gasteiger partial charge in [0.15, 0.2) is 11.6 Å². The minimum Gasteiger partial charge on any atom is -0.494 e. The number of aromatic nitrogens is 3. The maximum Gasteiger partial charge on any atom is 0.343 e. The standard InChI is InChI=1S/C29H26N4O4/c1-4-37-29(35)23-17-30-33(25-15-18(2)21-13-8-14-24(36-3)27(21)31-25)28(23)32-26(34)16-20-11-7-10-19-9-5-6-12-22(19)20/h5-15,17H,4,16H2,1-3H3,(H,32,34). The minimum absolute atomic E-state index is 0.118. The Kier molecular flexibility index (Phi) is 6.55. The summed E-state index contributed by atoms with van der Waals surface area (Å²) in [5.74, 6) is 0.375. The van der Waals surface area contributed by atoms with Crippen LogP contribution in [0.4, 0.5) is 5.82 Å². The molecule has 2 aromatic heterocycles. The summed E-state index contributed by atoms with van der Waals surface area (Å²) in [5, 5.41) is 10.3. The highest BCUT2D eigenvalue weighted by molar-refractivity contribution is 6.02. The van der Waals surface area contributed by atoms with Crippen LogP contribution in [-0.4, -0.2) is 40.4 Å². The largest absolute Gasteiger partial charge is 0.494 e. The van der Waals surface area contributed by atoms with Crippen LogP contribution in [0, 0.1) is 6.92 Å². The molecule has 37 heavy (non-hydrogen) atoms. The molecule has 1 N–H and O–H groups in total. The second-order valence-corrected chi connectivity index (χ2v) is 8.56. The number of rotatable bonds is 7. The van der Waals surface area contributed by atoms with Gasteiger partial charge < -0.3 is 14.8 Å². The van der Waals surface area contributed by atoms with E-state index < -0.39 is 5.97 Å². The lowest BCUT2D eigenvalue weighted by molar-refractivity contribution is -0.115. The zero-order chi connectivity index (χ0) is 25.9. The summed E-state index contributed by atoms with van der Waals surface area (Å²) < 4.78 is 12.2. The molecule has 8 nitrogen and oxygen atoms in total. The lowest BCUT2D eigenvalue weighted by atomic mass is 10.0. The Hall–Kier alpha value is -4.72. The first-order valence-electron chi connectivity index (χ1n) is 12.0. The van der Waals surface area contributed by atoms with Gasteiger partial charge in [0.25, 0.3) is 0 Å². The number of ether oxygens (including phenoxy) is 2. The monoisotopic (exact) mass is 494 g/mol. The van der Waals surface area contributed by atoms with Gasteiger partial charge >= 0.3 is 5.97 Å². The molecule has 0 unspecified atom stereocenters. The van der Waals surface area contributed by atoms with Gasteiger partial charge in [0.05, 0.1) is 26.3 Å². The number of carbonyl (C=O) groups excluding carboxylic acids is 2. The lowest BCUT2D eigenvalue weighted by Crippen LogP contribution is -2.20. The summed E-state index contributed by atoms with van der Waals surface area (Å²) in [6, 6.07) is 21.3. The normalized spacial score (nSPS) is 11.0. The van der Waals surface area contributed by atoms with Crippen LogP contribution in [0.25, 0.3) is 27.5 Å². The number of esters is 1. The van der Waals surface area contributed by atoms with Crippen molar-refractivity contribution < 1.29 is 19.1 Å². The summed E-state index contributed by atoms with van der Waals surface area (Å²) in [6.45, 7) is 3.88. The van der Waals surface area contributed by atoms with Crippen molar-refractivity contribution in [3.63, 3.8) is 0 Å². The lowest BCUT2D eigenvalue weighted by Gasteiger charge is -2.14. The molecule has 1 amide bonds. The van der Waals surface area contributed by atoms with E-state index in [-0.39, 0.29) is 30.3 Å². The van der Waals surface area contributed by atoms with Crippen molar-refractivity contribution in [1.29, 1.82) is 0 Å². The first kappa shape index (κ1) is 24.0. The van der Waals surface area contributed by atoms with E-state index in [1.807, 2.05) is 73.7 Å². The van der Waals surface area contributed by atoms with Crippen molar-refractivity contribution in [3.05, 3.63) is 89.6 Å². The SMILES string of the molecule is CCOC(=O)c1cnn(-c2cc(C)c3cccc(OC)c3n2)c1NC(=O)Cc1cccc2ccccc12. The molecule has 0 aliphatic rings. The maximum atomic E-state index is 13.3. The number of fused-ring (bicyclic) bond motifs is 2. The van der Waals surface area contributed by atoms with E-state index in [1.165, 1.54) is 10.9 Å². The second-order valence-electron chi connectivity index (χ2n) is 8.56. The van der Waals surface area contributed by atoms with Crippen molar-refractivity contribution in [2.45, 2.75) is 20.3 Å². The summed E-state index contributed by atoms with van der Waals surface area (Å²) in [5.41, 5.74) is 2.62. The predicted octanol–water partition coefficient (Wildman–Crippen LogP) is 5.25. The van der Waals surface area contributed by atoms with Crippen molar-refractivity contribution in [2.24, 2.45) is 0 Å². The molecule has 0 spiro atoms. The molecule has 5 aromatic rings. The number of methoxy groups -OCH3 is 1. The van der Waals surface area contributed by atoms with E-state index in [9.17, 15) is 9.59 Å². The maximum absolute atomic E-state index is 13.3. The molecule has 186 valence electrons. The number of anilines is 1. The highest BCUT2D eigenvalue weighted by atomic mass is 16.5. The molecule has 0 bridgehead atoms. The molecule has 0 saturated carbocycles. The van der Waals surface area contributed by atoms with Crippen LogP contribution in [0.3, 0.4) is 0 Å². The average molecular weight is 495 g/mol. The third-order valence-corrected chi connectivity index (χ3v) is 6.19. The molecule has 8 heteroatoms. The zero-order valence-electron chi connectivity index (χ0n) is 20.8. The molecule has 0 radical (unpaired) electrons. The Bertz CT molecular complexity index is 1640. The highest BCUT2D eigenvalue weighted by Crippen LogP contribution is 2.29. The summed E-state index contributed by atoms with van der Waals surface area (Å²) in [4.78, 5) is 30.8. The van der Waals surface area contributed by atoms with E-state index in [0.29, 0.717) is 17.1 Å². The molecule has 0 aliphatic carbocycles. The smallest absolute Gasteiger partial charge is 0.343 e. The molecule has 5 rings (SSSR count). The number of nitrogens with one attached hydrogen (secondary N) is 1. The van der Waals surface area contributed by atoms with E-state index in [0.717, 1.165) is 27.3 Å². The van der Waals surface area contributed by atoms with Crippen LogP contribution in [0.5, 0.6) is 5.75 Å². The first-order chi connectivity index (χ1) is 18.0. The Morgan fingerprint density at radius 3 is 2.57 bits per heavy atom. The van der Waals surface area contributed by atoms with E-state index in [4.69, 9.17) is 14.5 Å². The number of nitrogens with zero attached hydrogens (tertiary/aromatic N) is 3. The molecular weight excluding hydrogens is 468 g/mol. The van der Waals surface area contributed by atoms with Gasteiger partial charge in [-0.25, -0.2) is 9.78 Å². The van der Waals surface area contributed by atoms with Gasteiger partial charge in [-0.05, 0) is 47.9 Å². The first-order valence-corrected chi connectivity index (χ1v) is 12.0. The third kappa shape index (κ3) is 4.61. The van der Waals surface area contributed by atoms with Crippen molar-refractivity contribution in [2.75, 3.05) is 19.0 Å². The fourth-order valence-corrected chi connectivity index (χ4v) is 4.44. The van der Waals surface area contributed by atoms with Crippen LogP contribution < -0.4 is 10.1 Å². The van der Waals surface area contributed by atoms with E-state index in [1.54, 1.807) is 14.0 Å². The van der Waals surface area contributed by atoms with Crippen molar-refractivity contribution in [3.8, 4) is 11.6 Å². The number of hydrogen-bond acceptors (Lipinski definition) is 6. The van der Waals surface area contributed by atoms with E-state index in [2.05, 4.69) is 10.4 Å². The van der Waals surface area contributed by atoms with Crippen LogP contribution in [0.15, 0.2) is 72.9 Å². The fraction of sp³-hybridized carbons (Fsp3) is 0.172. The predicted molar refractivity (Wildman–Crippen MR) is 142 cm³/mol. The third-order valence-electron chi connectivity index (χ3n) is 6.19. The number of para-hydroxylation sites is 1. The number of benzene rings is 3. The highest BCUT2D eigenvalue weighted by Gasteiger charge is 2.23. The second kappa shape index (κ2) is 10.1. The molecule has 2 heterocycles. The number of amides is 1. The van der Waals surface area contributed by atoms with Crippen molar-refractivity contribution in [1.82, 2.24) is 14.8 Å². The summed E-state index contributed by atoms with van der Waals surface area (Å²) in [7, 11) is 1.59. The van der Waals surface area contributed by atoms with Gasteiger partial charge in [0.1, 0.15) is 16.8 Å². The summed E-state index contributed by atoms with van der Waals surface area (Å²) >= 11 is 0. The van der Waals surface area contributed by atoms with E-state index >= 15 is 0 Å². The van der Waals surface area contributed by atoms with Crippen molar-refractivity contribution >= 4 is 39.4 Å². The van der Waals surface area contributed by atoms with Crippen LogP contribution in [-0.2, 0) is 16.0 Å². The molecule has 0 saturated heterocycles. The van der Waals surface area contributed by atoms with Gasteiger partial charge in [-0.1, -0.05) is 54.6 Å². The van der Waals surface area contributed by atoms with Gasteiger partial charge in [0, 0.05) is 5.39 Å². The number of pyridine rings is 1. The Morgan fingerprint density at radius 1 is 1.00 bits per heavy atom. The van der Waals surface area contributed by atoms with Gasteiger partial charge in [-0.3, -0.25) is 4.79 Å². The number of carbonyl (C=O) groups is 2. The quantitative estimate of drug-likeness (QED) is 0.311. The Labute approximate surface area is 213 Å². The molecule has 0 fully saturated rings. The van der Waals surface area contributed by atoms with Crippen LogP contribution >= 0.6 is 0 Å². The van der Waals surface area contributed by atoms with Crippen LogP contribution in [0.2, 0.25) is 0 Å². The summed E-state index contributed by atoms with van der Waals surface area (Å²) in [6.07, 6.45) is 1.50. The van der Waals surface area contributed by atoms with Gasteiger partial charge in [-0.2, -0.15) is 9.78 Å². The van der Waals surface area contributed by atoms with Gasteiger partial charge in [-0.15, -0.1) is 0 Å².